The van der Waals surface area contributed by atoms with E-state index in [9.17, 15) is 0 Å². The molecule has 66 valence electrons. The highest BCUT2D eigenvalue weighted by molar-refractivity contribution is 7.99. The molecule has 0 aliphatic heterocycles. The number of aromatic nitrogens is 2. The minimum Gasteiger partial charge on any atom is -0.257 e. The molecule has 0 bridgehead atoms. The van der Waals surface area contributed by atoms with Crippen molar-refractivity contribution in [3.63, 3.8) is 0 Å². The van der Waals surface area contributed by atoms with Crippen molar-refractivity contribution in [1.82, 2.24) is 9.97 Å². The van der Waals surface area contributed by atoms with Crippen LogP contribution in [0.1, 0.15) is 25.5 Å². The third kappa shape index (κ3) is 2.81. The Morgan fingerprint density at radius 2 is 2.08 bits per heavy atom. The summed E-state index contributed by atoms with van der Waals surface area (Å²) in [6.45, 7) is 4.20. The summed E-state index contributed by atoms with van der Waals surface area (Å²) >= 11 is 1.80. The van der Waals surface area contributed by atoms with E-state index in [2.05, 4.69) is 16.9 Å². The lowest BCUT2D eigenvalue weighted by Gasteiger charge is -2.01. The lowest BCUT2D eigenvalue weighted by Crippen LogP contribution is -1.89. The second kappa shape index (κ2) is 5.14. The van der Waals surface area contributed by atoms with Crippen LogP contribution >= 0.6 is 11.8 Å². The molecular formula is C9H14N2S. The SMILES string of the molecule is CCCCSc1nccnc1C. The lowest BCUT2D eigenvalue weighted by atomic mass is 10.4. The van der Waals surface area contributed by atoms with Gasteiger partial charge in [-0.3, -0.25) is 4.98 Å². The summed E-state index contributed by atoms with van der Waals surface area (Å²) in [5.74, 6) is 1.15. The van der Waals surface area contributed by atoms with Crippen LogP contribution in [-0.2, 0) is 0 Å². The Balaban J connectivity index is 2.46. The van der Waals surface area contributed by atoms with E-state index in [1.54, 1.807) is 24.2 Å². The molecule has 0 atom stereocenters. The summed E-state index contributed by atoms with van der Waals surface area (Å²) in [6, 6.07) is 0. The highest BCUT2D eigenvalue weighted by atomic mass is 32.2. The molecule has 0 saturated heterocycles. The molecule has 1 rings (SSSR count). The number of unbranched alkanes of at least 4 members (excludes halogenated alkanes) is 1. The Kier molecular flexibility index (Phi) is 4.08. The van der Waals surface area contributed by atoms with Gasteiger partial charge in [-0.25, -0.2) is 4.98 Å². The van der Waals surface area contributed by atoms with Crippen molar-refractivity contribution in [3.8, 4) is 0 Å². The van der Waals surface area contributed by atoms with E-state index >= 15 is 0 Å². The maximum absolute atomic E-state index is 4.25. The topological polar surface area (TPSA) is 25.8 Å². The third-order valence-corrected chi connectivity index (χ3v) is 2.74. The highest BCUT2D eigenvalue weighted by Gasteiger charge is 1.98. The van der Waals surface area contributed by atoms with Gasteiger partial charge in [-0.15, -0.1) is 11.8 Å². The molecule has 0 spiro atoms. The average molecular weight is 182 g/mol. The zero-order valence-corrected chi connectivity index (χ0v) is 8.40. The molecule has 0 aromatic carbocycles. The van der Waals surface area contributed by atoms with Crippen LogP contribution in [0.4, 0.5) is 0 Å². The Morgan fingerprint density at radius 3 is 2.75 bits per heavy atom. The highest BCUT2D eigenvalue weighted by Crippen LogP contribution is 2.18. The van der Waals surface area contributed by atoms with Crippen molar-refractivity contribution in [2.75, 3.05) is 5.75 Å². The number of thioether (sulfide) groups is 1. The molecule has 0 aliphatic rings. The predicted molar refractivity (Wildman–Crippen MR) is 52.4 cm³/mol. The monoisotopic (exact) mass is 182 g/mol. The normalized spacial score (nSPS) is 10.2. The fraction of sp³-hybridized carbons (Fsp3) is 0.556. The molecule has 2 nitrogen and oxygen atoms in total. The maximum atomic E-state index is 4.25. The molecular weight excluding hydrogens is 168 g/mol. The molecule has 1 aromatic rings. The van der Waals surface area contributed by atoms with Crippen LogP contribution in [0.5, 0.6) is 0 Å². The van der Waals surface area contributed by atoms with E-state index in [0.717, 1.165) is 16.5 Å². The van der Waals surface area contributed by atoms with Crippen molar-refractivity contribution < 1.29 is 0 Å². The summed E-state index contributed by atoms with van der Waals surface area (Å²) in [5, 5.41) is 1.07. The molecule has 0 amide bonds. The zero-order valence-electron chi connectivity index (χ0n) is 7.58. The largest absolute Gasteiger partial charge is 0.257 e. The van der Waals surface area contributed by atoms with Crippen LogP contribution in [0.15, 0.2) is 17.4 Å². The Bertz CT molecular complexity index is 238. The lowest BCUT2D eigenvalue weighted by molar-refractivity contribution is 0.891. The quantitative estimate of drug-likeness (QED) is 0.529. The van der Waals surface area contributed by atoms with E-state index in [1.165, 1.54) is 12.8 Å². The van der Waals surface area contributed by atoms with Crippen molar-refractivity contribution in [1.29, 1.82) is 0 Å². The predicted octanol–water partition coefficient (Wildman–Crippen LogP) is 2.68. The Hall–Kier alpha value is -0.570. The standard InChI is InChI=1S/C9H14N2S/c1-3-4-7-12-9-8(2)10-5-6-11-9/h5-6H,3-4,7H2,1-2H3. The first-order chi connectivity index (χ1) is 5.84. The van der Waals surface area contributed by atoms with Crippen molar-refractivity contribution in [2.45, 2.75) is 31.7 Å². The maximum Gasteiger partial charge on any atom is 0.117 e. The zero-order chi connectivity index (χ0) is 8.81. The summed E-state index contributed by atoms with van der Waals surface area (Å²) in [7, 11) is 0. The molecule has 0 N–H and O–H groups in total. The molecule has 0 radical (unpaired) electrons. The van der Waals surface area contributed by atoms with Gasteiger partial charge in [0.05, 0.1) is 5.69 Å². The van der Waals surface area contributed by atoms with Crippen LogP contribution in [0.2, 0.25) is 0 Å². The van der Waals surface area contributed by atoms with Gasteiger partial charge < -0.3 is 0 Å². The van der Waals surface area contributed by atoms with E-state index in [-0.39, 0.29) is 0 Å². The fourth-order valence-corrected chi connectivity index (χ4v) is 1.87. The second-order valence-corrected chi connectivity index (χ2v) is 3.73. The van der Waals surface area contributed by atoms with E-state index in [0.29, 0.717) is 0 Å². The van der Waals surface area contributed by atoms with E-state index in [4.69, 9.17) is 0 Å². The molecule has 12 heavy (non-hydrogen) atoms. The van der Waals surface area contributed by atoms with Gasteiger partial charge in [0.25, 0.3) is 0 Å². The summed E-state index contributed by atoms with van der Waals surface area (Å²) < 4.78 is 0. The van der Waals surface area contributed by atoms with Crippen LogP contribution in [0.3, 0.4) is 0 Å². The third-order valence-electron chi connectivity index (χ3n) is 1.57. The molecule has 0 unspecified atom stereocenters. The van der Waals surface area contributed by atoms with Crippen LogP contribution in [0.25, 0.3) is 0 Å². The summed E-state index contributed by atoms with van der Waals surface area (Å²) in [4.78, 5) is 8.43. The van der Waals surface area contributed by atoms with Gasteiger partial charge >= 0.3 is 0 Å². The minimum atomic E-state index is 1.04. The van der Waals surface area contributed by atoms with Crippen molar-refractivity contribution >= 4 is 11.8 Å². The van der Waals surface area contributed by atoms with E-state index in [1.807, 2.05) is 6.92 Å². The second-order valence-electron chi connectivity index (χ2n) is 2.65. The molecule has 0 fully saturated rings. The van der Waals surface area contributed by atoms with Crippen molar-refractivity contribution in [2.24, 2.45) is 0 Å². The first-order valence-corrected chi connectivity index (χ1v) is 5.23. The molecule has 1 aromatic heterocycles. The fourth-order valence-electron chi connectivity index (χ4n) is 0.850. The molecule has 1 heterocycles. The van der Waals surface area contributed by atoms with Gasteiger partial charge in [0.15, 0.2) is 0 Å². The van der Waals surface area contributed by atoms with Gasteiger partial charge in [0.1, 0.15) is 5.03 Å². The first-order valence-electron chi connectivity index (χ1n) is 4.25. The number of nitrogens with zero attached hydrogens (tertiary/aromatic N) is 2. The number of hydrogen-bond acceptors (Lipinski definition) is 3. The van der Waals surface area contributed by atoms with Crippen molar-refractivity contribution in [3.05, 3.63) is 18.1 Å². The van der Waals surface area contributed by atoms with Gasteiger partial charge in [-0.2, -0.15) is 0 Å². The average Bonchev–Trinajstić information content (AvgIpc) is 2.09. The minimum absolute atomic E-state index is 1.04. The molecule has 0 aliphatic carbocycles. The van der Waals surface area contributed by atoms with Gasteiger partial charge in [-0.05, 0) is 19.1 Å². The molecule has 0 saturated carbocycles. The summed E-state index contributed by atoms with van der Waals surface area (Å²) in [5.41, 5.74) is 1.04. The molecule has 3 heteroatoms. The Labute approximate surface area is 77.8 Å². The smallest absolute Gasteiger partial charge is 0.117 e. The summed E-state index contributed by atoms with van der Waals surface area (Å²) in [6.07, 6.45) is 5.98. The first kappa shape index (κ1) is 9.52. The van der Waals surface area contributed by atoms with Gasteiger partial charge in [0.2, 0.25) is 0 Å². The van der Waals surface area contributed by atoms with Crippen LogP contribution in [0, 0.1) is 6.92 Å². The van der Waals surface area contributed by atoms with Crippen LogP contribution in [-0.4, -0.2) is 15.7 Å². The van der Waals surface area contributed by atoms with E-state index < -0.39 is 0 Å². The number of rotatable bonds is 4. The van der Waals surface area contributed by atoms with Gasteiger partial charge in [-0.1, -0.05) is 13.3 Å². The number of aryl methyl sites for hydroxylation is 1. The van der Waals surface area contributed by atoms with Gasteiger partial charge in [0, 0.05) is 12.4 Å². The Morgan fingerprint density at radius 1 is 1.33 bits per heavy atom. The number of hydrogen-bond donors (Lipinski definition) is 0. The van der Waals surface area contributed by atoms with Crippen LogP contribution < -0.4 is 0 Å².